The summed E-state index contributed by atoms with van der Waals surface area (Å²) in [4.78, 5) is 3.97. The molecule has 1 heterocycles. The first-order valence-corrected chi connectivity index (χ1v) is 7.37. The Morgan fingerprint density at radius 3 is 2.63 bits per heavy atom. The Morgan fingerprint density at radius 1 is 1.37 bits per heavy atom. The van der Waals surface area contributed by atoms with E-state index in [-0.39, 0.29) is 0 Å². The maximum Gasteiger partial charge on any atom is 0.0939 e. The van der Waals surface area contributed by atoms with Gasteiger partial charge < -0.3 is 9.84 Å². The van der Waals surface area contributed by atoms with Gasteiger partial charge in [-0.3, -0.25) is 4.98 Å². The molecule has 1 aromatic rings. The summed E-state index contributed by atoms with van der Waals surface area (Å²) in [6.45, 7) is 0. The van der Waals surface area contributed by atoms with E-state index in [4.69, 9.17) is 16.3 Å². The summed E-state index contributed by atoms with van der Waals surface area (Å²) in [5.74, 6) is 0. The first-order valence-electron chi connectivity index (χ1n) is 6.99. The van der Waals surface area contributed by atoms with Crippen molar-refractivity contribution in [1.82, 2.24) is 4.98 Å². The number of halogens is 1. The number of aromatic nitrogens is 1. The molecule has 1 saturated carbocycles. The van der Waals surface area contributed by atoms with Crippen LogP contribution in [0.5, 0.6) is 0 Å². The van der Waals surface area contributed by atoms with Crippen LogP contribution in [0.15, 0.2) is 18.5 Å². The summed E-state index contributed by atoms with van der Waals surface area (Å²) in [7, 11) is 1.71. The Balaban J connectivity index is 2.12. The third kappa shape index (κ3) is 3.47. The van der Waals surface area contributed by atoms with E-state index in [1.54, 1.807) is 19.5 Å². The van der Waals surface area contributed by atoms with Crippen molar-refractivity contribution in [3.05, 3.63) is 29.0 Å². The predicted octanol–water partition coefficient (Wildman–Crippen LogP) is 3.38. The fraction of sp³-hybridized carbons (Fsp3) is 0.667. The maximum absolute atomic E-state index is 10.6. The Morgan fingerprint density at radius 2 is 2.05 bits per heavy atom. The van der Waals surface area contributed by atoms with E-state index in [9.17, 15) is 5.11 Å². The number of ether oxygens (including phenoxy) is 1. The van der Waals surface area contributed by atoms with Crippen LogP contribution >= 0.6 is 11.6 Å². The van der Waals surface area contributed by atoms with Gasteiger partial charge in [-0.15, -0.1) is 0 Å². The summed E-state index contributed by atoms with van der Waals surface area (Å²) in [6, 6.07) is 1.87. The van der Waals surface area contributed by atoms with Crippen LogP contribution in [0.1, 0.15) is 44.1 Å². The molecule has 1 aliphatic carbocycles. The van der Waals surface area contributed by atoms with Gasteiger partial charge in [-0.25, -0.2) is 0 Å². The van der Waals surface area contributed by atoms with Crippen LogP contribution in [-0.4, -0.2) is 28.9 Å². The summed E-state index contributed by atoms with van der Waals surface area (Å²) < 4.78 is 5.72. The van der Waals surface area contributed by atoms with Crippen LogP contribution in [0.25, 0.3) is 0 Å². The number of hydrogen-bond acceptors (Lipinski definition) is 3. The average molecular weight is 284 g/mol. The van der Waals surface area contributed by atoms with Crippen LogP contribution in [0, 0.1) is 0 Å². The normalized spacial score (nSPS) is 20.8. The first-order chi connectivity index (χ1) is 9.18. The summed E-state index contributed by atoms with van der Waals surface area (Å²) in [5, 5.41) is 11.2. The van der Waals surface area contributed by atoms with E-state index in [1.165, 1.54) is 12.8 Å². The third-order valence-corrected chi connectivity index (χ3v) is 4.57. The van der Waals surface area contributed by atoms with Crippen LogP contribution in [0.3, 0.4) is 0 Å². The molecule has 2 rings (SSSR count). The minimum Gasteiger partial charge on any atom is -0.390 e. The molecule has 1 aromatic heterocycles. The molecule has 1 atom stereocenters. The molecular formula is C15H22ClNO2. The zero-order chi connectivity index (χ0) is 13.7. The van der Waals surface area contributed by atoms with Crippen molar-refractivity contribution < 1.29 is 9.84 Å². The SMILES string of the molecule is COC1(C(O)Cc2ccncc2Cl)CCCCCC1. The van der Waals surface area contributed by atoms with E-state index in [0.29, 0.717) is 11.4 Å². The molecule has 4 heteroatoms. The molecule has 3 nitrogen and oxygen atoms in total. The zero-order valence-corrected chi connectivity index (χ0v) is 12.2. The first kappa shape index (κ1) is 14.8. The largest absolute Gasteiger partial charge is 0.390 e. The average Bonchev–Trinajstić information content (AvgIpc) is 2.67. The van der Waals surface area contributed by atoms with E-state index >= 15 is 0 Å². The zero-order valence-electron chi connectivity index (χ0n) is 11.4. The lowest BCUT2D eigenvalue weighted by Gasteiger charge is -2.36. The van der Waals surface area contributed by atoms with Crippen molar-refractivity contribution in [2.75, 3.05) is 7.11 Å². The molecule has 0 saturated heterocycles. The fourth-order valence-corrected chi connectivity index (χ4v) is 3.16. The highest BCUT2D eigenvalue weighted by Gasteiger charge is 2.38. The Kier molecular flexibility index (Phi) is 5.20. The van der Waals surface area contributed by atoms with Gasteiger partial charge in [0.2, 0.25) is 0 Å². The van der Waals surface area contributed by atoms with E-state index in [0.717, 1.165) is 31.2 Å². The molecule has 0 aromatic carbocycles. The van der Waals surface area contributed by atoms with Gasteiger partial charge in [-0.2, -0.15) is 0 Å². The number of aliphatic hydroxyl groups is 1. The molecule has 106 valence electrons. The second-order valence-corrected chi connectivity index (χ2v) is 5.78. The van der Waals surface area contributed by atoms with Gasteiger partial charge in [0.25, 0.3) is 0 Å². The summed E-state index contributed by atoms with van der Waals surface area (Å²) in [6.07, 6.45) is 9.88. The van der Waals surface area contributed by atoms with E-state index in [2.05, 4.69) is 4.98 Å². The van der Waals surface area contributed by atoms with E-state index in [1.807, 2.05) is 6.07 Å². The molecule has 0 amide bonds. The lowest BCUT2D eigenvalue weighted by atomic mass is 9.85. The van der Waals surface area contributed by atoms with Gasteiger partial charge in [-0.05, 0) is 24.5 Å². The number of aliphatic hydroxyl groups excluding tert-OH is 1. The van der Waals surface area contributed by atoms with Crippen molar-refractivity contribution in [2.24, 2.45) is 0 Å². The quantitative estimate of drug-likeness (QED) is 0.862. The molecule has 0 radical (unpaired) electrons. The molecule has 0 spiro atoms. The topological polar surface area (TPSA) is 42.4 Å². The Bertz CT molecular complexity index is 403. The molecule has 19 heavy (non-hydrogen) atoms. The van der Waals surface area contributed by atoms with Crippen molar-refractivity contribution >= 4 is 11.6 Å². The van der Waals surface area contributed by atoms with Crippen molar-refractivity contribution in [3.63, 3.8) is 0 Å². The lowest BCUT2D eigenvalue weighted by Crippen LogP contribution is -2.45. The number of pyridine rings is 1. The number of hydrogen-bond donors (Lipinski definition) is 1. The van der Waals surface area contributed by atoms with Gasteiger partial charge in [0.15, 0.2) is 0 Å². The number of rotatable bonds is 4. The maximum atomic E-state index is 10.6. The fourth-order valence-electron chi connectivity index (χ4n) is 2.96. The van der Waals surface area contributed by atoms with Crippen molar-refractivity contribution in [1.29, 1.82) is 0 Å². The second-order valence-electron chi connectivity index (χ2n) is 5.37. The number of methoxy groups -OCH3 is 1. The molecule has 0 bridgehead atoms. The molecule has 0 aliphatic heterocycles. The molecular weight excluding hydrogens is 262 g/mol. The summed E-state index contributed by atoms with van der Waals surface area (Å²) >= 11 is 6.11. The van der Waals surface area contributed by atoms with E-state index < -0.39 is 11.7 Å². The monoisotopic (exact) mass is 283 g/mol. The van der Waals surface area contributed by atoms with Gasteiger partial charge in [0, 0.05) is 25.9 Å². The highest BCUT2D eigenvalue weighted by Crippen LogP contribution is 2.34. The minimum atomic E-state index is -0.518. The van der Waals surface area contributed by atoms with Crippen LogP contribution in [0.2, 0.25) is 5.02 Å². The third-order valence-electron chi connectivity index (χ3n) is 4.23. The molecule has 1 aliphatic rings. The van der Waals surface area contributed by atoms with Gasteiger partial charge in [0.1, 0.15) is 0 Å². The van der Waals surface area contributed by atoms with Crippen LogP contribution in [-0.2, 0) is 11.2 Å². The molecule has 1 fully saturated rings. The summed E-state index contributed by atoms with van der Waals surface area (Å²) in [5.41, 5.74) is 0.521. The van der Waals surface area contributed by atoms with Gasteiger partial charge in [-0.1, -0.05) is 37.3 Å². The van der Waals surface area contributed by atoms with Crippen molar-refractivity contribution in [3.8, 4) is 0 Å². The van der Waals surface area contributed by atoms with Gasteiger partial charge >= 0.3 is 0 Å². The highest BCUT2D eigenvalue weighted by atomic mass is 35.5. The van der Waals surface area contributed by atoms with Crippen molar-refractivity contribution in [2.45, 2.75) is 56.7 Å². The van der Waals surface area contributed by atoms with Crippen LogP contribution < -0.4 is 0 Å². The Labute approximate surface area is 120 Å². The lowest BCUT2D eigenvalue weighted by molar-refractivity contribution is -0.111. The van der Waals surface area contributed by atoms with Crippen LogP contribution in [0.4, 0.5) is 0 Å². The minimum absolute atomic E-state index is 0.414. The predicted molar refractivity (Wildman–Crippen MR) is 76.4 cm³/mol. The number of nitrogens with zero attached hydrogens (tertiary/aromatic N) is 1. The molecule has 1 N–H and O–H groups in total. The standard InChI is InChI=1S/C15H22ClNO2/c1-19-15(7-4-2-3-5-8-15)14(18)10-12-6-9-17-11-13(12)16/h6,9,11,14,18H,2-5,7-8,10H2,1H3. The smallest absolute Gasteiger partial charge is 0.0939 e. The highest BCUT2D eigenvalue weighted by molar-refractivity contribution is 6.31. The van der Waals surface area contributed by atoms with Gasteiger partial charge in [0.05, 0.1) is 16.7 Å². The second kappa shape index (κ2) is 6.69. The Hall–Kier alpha value is -0.640. The molecule has 1 unspecified atom stereocenters.